The van der Waals surface area contributed by atoms with Gasteiger partial charge in [-0.05, 0) is 66.5 Å². The molecule has 4 saturated heterocycles. The Morgan fingerprint density at radius 2 is 0.527 bits per heavy atom. The van der Waals surface area contributed by atoms with E-state index in [1.165, 1.54) is 0 Å². The Bertz CT molecular complexity index is 1330. The highest BCUT2D eigenvalue weighted by Gasteiger charge is 2.46. The normalized spacial score (nSPS) is 32.0. The van der Waals surface area contributed by atoms with Crippen LogP contribution >= 0.6 is 0 Å². The van der Waals surface area contributed by atoms with Crippen molar-refractivity contribution in [2.45, 2.75) is 141 Å². The minimum atomic E-state index is -0.790. The lowest BCUT2D eigenvalue weighted by atomic mass is 10.2. The molecule has 0 aromatic heterocycles. The van der Waals surface area contributed by atoms with Crippen molar-refractivity contribution in [3.05, 3.63) is 71.8 Å². The van der Waals surface area contributed by atoms with Crippen LogP contribution in [-0.4, -0.2) is 125 Å². The third-order valence-corrected chi connectivity index (χ3v) is 9.62. The molecule has 13 heteroatoms. The van der Waals surface area contributed by atoms with E-state index in [1.54, 1.807) is 0 Å². The maximum Gasteiger partial charge on any atom is 0.163 e. The van der Waals surface area contributed by atoms with Gasteiger partial charge in [-0.15, -0.1) is 0 Å². The van der Waals surface area contributed by atoms with Gasteiger partial charge < -0.3 is 61.6 Å². The molecule has 0 saturated carbocycles. The summed E-state index contributed by atoms with van der Waals surface area (Å²) in [4.78, 5) is 0. The zero-order valence-electron chi connectivity index (χ0n) is 33.8. The topological polar surface area (TPSA) is 120 Å². The summed E-state index contributed by atoms with van der Waals surface area (Å²) >= 11 is 0. The van der Waals surface area contributed by atoms with Gasteiger partial charge in [0, 0.05) is 0 Å². The molecule has 55 heavy (non-hydrogen) atoms. The Hall–Kier alpha value is -2.08. The number of rotatable bonds is 20. The fourth-order valence-corrected chi connectivity index (χ4v) is 7.40. The Morgan fingerprint density at radius 3 is 0.745 bits per heavy atom. The second-order valence-corrected chi connectivity index (χ2v) is 16.5. The first-order valence-corrected chi connectivity index (χ1v) is 19.5. The number of benzene rings is 2. The van der Waals surface area contributed by atoms with Crippen LogP contribution in [0.3, 0.4) is 0 Å². The van der Waals surface area contributed by atoms with Crippen LogP contribution in [0.4, 0.5) is 0 Å². The molecule has 0 bridgehead atoms. The van der Waals surface area contributed by atoms with Crippen LogP contribution in [0.1, 0.15) is 66.5 Å². The molecule has 308 valence electrons. The zero-order chi connectivity index (χ0) is 39.1. The number of hydrogen-bond donors (Lipinski definition) is 0. The van der Waals surface area contributed by atoms with E-state index < -0.39 is 23.1 Å². The highest BCUT2D eigenvalue weighted by atomic mass is 16.8. The van der Waals surface area contributed by atoms with Crippen LogP contribution in [0, 0.1) is 0 Å². The average Bonchev–Trinajstić information content (AvgIpc) is 3.79. The molecule has 0 aliphatic carbocycles. The van der Waals surface area contributed by atoms with Crippen molar-refractivity contribution in [3.63, 3.8) is 0 Å². The molecule has 2 aromatic rings. The summed E-state index contributed by atoms with van der Waals surface area (Å²) in [7, 11) is 0. The van der Waals surface area contributed by atoms with Crippen molar-refractivity contribution >= 4 is 0 Å². The first-order chi connectivity index (χ1) is 26.1. The molecule has 2 aromatic carbocycles. The van der Waals surface area contributed by atoms with Gasteiger partial charge in [-0.1, -0.05) is 60.7 Å². The quantitative estimate of drug-likeness (QED) is 0.167. The van der Waals surface area contributed by atoms with Crippen molar-refractivity contribution in [1.29, 1.82) is 0 Å². The van der Waals surface area contributed by atoms with Crippen molar-refractivity contribution in [2.75, 3.05) is 52.9 Å². The molecule has 0 N–H and O–H groups in total. The van der Waals surface area contributed by atoms with Crippen molar-refractivity contribution < 1.29 is 61.6 Å². The smallest absolute Gasteiger partial charge is 0.163 e. The lowest BCUT2D eigenvalue weighted by Gasteiger charge is -2.22. The van der Waals surface area contributed by atoms with E-state index in [2.05, 4.69) is 0 Å². The second kappa shape index (κ2) is 18.7. The summed E-state index contributed by atoms with van der Waals surface area (Å²) in [5.41, 5.74) is 2.21. The third-order valence-electron chi connectivity index (χ3n) is 9.62. The molecule has 13 nitrogen and oxygen atoms in total. The molecular weight excluding hydrogens is 712 g/mol. The largest absolute Gasteiger partial charge is 0.376 e. The van der Waals surface area contributed by atoms with E-state index in [-0.39, 0.29) is 62.0 Å². The molecule has 0 radical (unpaired) electrons. The molecule has 4 fully saturated rings. The molecule has 6 rings (SSSR count). The van der Waals surface area contributed by atoms with E-state index >= 15 is 0 Å². The zero-order valence-corrected chi connectivity index (χ0v) is 33.8. The van der Waals surface area contributed by atoms with Gasteiger partial charge in [0.15, 0.2) is 23.1 Å². The number of ether oxygens (including phenoxy) is 13. The lowest BCUT2D eigenvalue weighted by Crippen LogP contribution is -2.38. The Balaban J connectivity index is 0.932. The molecule has 4 heterocycles. The molecule has 4 aliphatic heterocycles. The van der Waals surface area contributed by atoms with Gasteiger partial charge in [0.1, 0.15) is 48.8 Å². The van der Waals surface area contributed by atoms with Crippen molar-refractivity contribution in [1.82, 2.24) is 0 Å². The summed E-state index contributed by atoms with van der Waals surface area (Å²) in [5.74, 6) is -3.05. The van der Waals surface area contributed by atoms with Crippen LogP contribution in [0.2, 0.25) is 0 Å². The van der Waals surface area contributed by atoms with Crippen molar-refractivity contribution in [2.24, 2.45) is 0 Å². The van der Waals surface area contributed by atoms with Gasteiger partial charge in [-0.2, -0.15) is 0 Å². The van der Waals surface area contributed by atoms with Crippen LogP contribution in [0.25, 0.3) is 0 Å². The highest BCUT2D eigenvalue weighted by molar-refractivity contribution is 5.14. The van der Waals surface area contributed by atoms with Crippen LogP contribution < -0.4 is 0 Å². The lowest BCUT2D eigenvalue weighted by molar-refractivity contribution is -0.162. The molecule has 8 atom stereocenters. The number of hydrogen-bond acceptors (Lipinski definition) is 13. The fourth-order valence-electron chi connectivity index (χ4n) is 7.40. The second-order valence-electron chi connectivity index (χ2n) is 16.5. The van der Waals surface area contributed by atoms with Crippen LogP contribution in [0.15, 0.2) is 60.7 Å². The van der Waals surface area contributed by atoms with Gasteiger partial charge in [0.2, 0.25) is 0 Å². The van der Waals surface area contributed by atoms with E-state index in [0.29, 0.717) is 52.9 Å². The van der Waals surface area contributed by atoms with Gasteiger partial charge in [0.25, 0.3) is 0 Å². The minimum absolute atomic E-state index is 0.268. The molecule has 0 spiro atoms. The third kappa shape index (κ3) is 13.0. The van der Waals surface area contributed by atoms with Gasteiger partial charge in [-0.25, -0.2) is 0 Å². The summed E-state index contributed by atoms with van der Waals surface area (Å²) in [6.07, 6.45) is -2.54. The molecule has 0 amide bonds. The first-order valence-electron chi connectivity index (χ1n) is 19.5. The van der Waals surface area contributed by atoms with Gasteiger partial charge in [-0.3, -0.25) is 0 Å². The van der Waals surface area contributed by atoms with Gasteiger partial charge >= 0.3 is 0 Å². The molecule has 8 unspecified atom stereocenters. The van der Waals surface area contributed by atoms with E-state index in [9.17, 15) is 0 Å². The first kappa shape index (κ1) is 42.5. The summed E-state index contributed by atoms with van der Waals surface area (Å²) in [6, 6.07) is 20.1. The predicted octanol–water partition coefficient (Wildman–Crippen LogP) is 5.55. The Labute approximate surface area is 326 Å². The van der Waals surface area contributed by atoms with Crippen LogP contribution in [0.5, 0.6) is 0 Å². The monoisotopic (exact) mass is 774 g/mol. The Morgan fingerprint density at radius 1 is 0.327 bits per heavy atom. The summed E-state index contributed by atoms with van der Waals surface area (Å²) < 4.78 is 80.1. The van der Waals surface area contributed by atoms with E-state index in [0.717, 1.165) is 11.1 Å². The standard InChI is InChI=1S/C42H62O13/c1-39(2)48-31(21-43-19-29-15-11-9-12-16-29)33(50-39)23-45-25-35-37(54-41(5,6)52-35)27-47-28-38-36(53-42(7,8)55-38)26-46-24-34-32(49-40(3,4)51-34)22-44-20-30-17-13-10-14-18-30/h9-18,31-38H,19-28H2,1-8H3. The van der Waals surface area contributed by atoms with E-state index in [1.807, 2.05) is 116 Å². The molecular formula is C42H62O13. The Kier molecular flexibility index (Phi) is 14.4. The summed E-state index contributed by atoms with van der Waals surface area (Å²) in [6.45, 7) is 18.7. The maximum atomic E-state index is 6.23. The summed E-state index contributed by atoms with van der Waals surface area (Å²) in [5, 5.41) is 0. The maximum absolute atomic E-state index is 6.23. The highest BCUT2D eigenvalue weighted by Crippen LogP contribution is 2.33. The minimum Gasteiger partial charge on any atom is -0.376 e. The average molecular weight is 775 g/mol. The van der Waals surface area contributed by atoms with Crippen molar-refractivity contribution in [3.8, 4) is 0 Å². The van der Waals surface area contributed by atoms with Crippen LogP contribution in [-0.2, 0) is 74.8 Å². The predicted molar refractivity (Wildman–Crippen MR) is 200 cm³/mol. The fraction of sp³-hybridized carbons (Fsp3) is 0.714. The van der Waals surface area contributed by atoms with Gasteiger partial charge in [0.05, 0.1) is 66.1 Å². The SMILES string of the molecule is CC1(C)OC(COCc2ccccc2)C(COCC2OC(C)(C)OC2COCC2OC(C)(C)OC2COCC2OC(C)(C)OC2COCc2ccccc2)O1. The van der Waals surface area contributed by atoms with E-state index in [4.69, 9.17) is 61.6 Å². The molecule has 4 aliphatic rings.